The van der Waals surface area contributed by atoms with Crippen molar-refractivity contribution >= 4 is 5.91 Å². The van der Waals surface area contributed by atoms with Gasteiger partial charge in [0.2, 0.25) is 0 Å². The van der Waals surface area contributed by atoms with Crippen LogP contribution >= 0.6 is 0 Å². The quantitative estimate of drug-likeness (QED) is 0.724. The summed E-state index contributed by atoms with van der Waals surface area (Å²) in [6.07, 6.45) is 0. The highest BCUT2D eigenvalue weighted by molar-refractivity contribution is 5.96. The number of phenols is 1. The third kappa shape index (κ3) is 2.03. The van der Waals surface area contributed by atoms with Crippen LogP contribution in [0.15, 0.2) is 18.2 Å². The molecule has 0 fully saturated rings. The fraction of sp³-hybridized carbons (Fsp3) is 0.300. The summed E-state index contributed by atoms with van der Waals surface area (Å²) < 4.78 is 0. The van der Waals surface area contributed by atoms with Crippen molar-refractivity contribution in [3.63, 3.8) is 0 Å². The predicted molar refractivity (Wildman–Crippen MR) is 51.9 cm³/mol. The third-order valence-electron chi connectivity index (χ3n) is 1.94. The SMILES string of the molecule is CON(C)C(=O)c1ccc(C)cc1O. The molecule has 0 saturated carbocycles. The molecule has 0 aliphatic heterocycles. The summed E-state index contributed by atoms with van der Waals surface area (Å²) in [4.78, 5) is 16.3. The zero-order valence-corrected chi connectivity index (χ0v) is 8.44. The molecule has 4 heteroatoms. The molecule has 1 amide bonds. The second-order valence-electron chi connectivity index (χ2n) is 3.01. The molecule has 0 radical (unpaired) electrons. The Morgan fingerprint density at radius 2 is 2.14 bits per heavy atom. The standard InChI is InChI=1S/C10H13NO3/c1-7-4-5-8(9(12)6-7)10(13)11(2)14-3/h4-6,12H,1-3H3. The van der Waals surface area contributed by atoms with Crippen molar-refractivity contribution < 1.29 is 14.7 Å². The lowest BCUT2D eigenvalue weighted by Crippen LogP contribution is -2.25. The van der Waals surface area contributed by atoms with E-state index >= 15 is 0 Å². The van der Waals surface area contributed by atoms with Crippen molar-refractivity contribution in [1.82, 2.24) is 5.06 Å². The Labute approximate surface area is 82.7 Å². The summed E-state index contributed by atoms with van der Waals surface area (Å²) in [5, 5.41) is 10.6. The molecule has 0 heterocycles. The number of hydroxylamine groups is 2. The number of hydrogen-bond donors (Lipinski definition) is 1. The molecule has 0 aliphatic carbocycles. The molecule has 0 aromatic heterocycles. The molecule has 0 aliphatic rings. The lowest BCUT2D eigenvalue weighted by atomic mass is 10.1. The van der Waals surface area contributed by atoms with Gasteiger partial charge in [0, 0.05) is 7.05 Å². The fourth-order valence-electron chi connectivity index (χ4n) is 1.08. The largest absolute Gasteiger partial charge is 0.507 e. The highest BCUT2D eigenvalue weighted by atomic mass is 16.7. The third-order valence-corrected chi connectivity index (χ3v) is 1.94. The predicted octanol–water partition coefficient (Wildman–Crippen LogP) is 1.33. The molecule has 1 N–H and O–H groups in total. The number of hydrogen-bond acceptors (Lipinski definition) is 3. The number of aryl methyl sites for hydroxylation is 1. The van der Waals surface area contributed by atoms with Crippen LogP contribution in [0.5, 0.6) is 5.75 Å². The van der Waals surface area contributed by atoms with Gasteiger partial charge in [0.1, 0.15) is 5.75 Å². The van der Waals surface area contributed by atoms with Crippen LogP contribution in [0, 0.1) is 6.92 Å². The second-order valence-corrected chi connectivity index (χ2v) is 3.01. The Balaban J connectivity index is 3.02. The molecule has 1 aromatic carbocycles. The molecule has 0 saturated heterocycles. The molecule has 0 atom stereocenters. The van der Waals surface area contributed by atoms with Gasteiger partial charge in [0.25, 0.3) is 5.91 Å². The Kier molecular flexibility index (Phi) is 3.09. The van der Waals surface area contributed by atoms with Crippen LogP contribution in [0.2, 0.25) is 0 Å². The van der Waals surface area contributed by atoms with Crippen molar-refractivity contribution in [2.45, 2.75) is 6.92 Å². The fourth-order valence-corrected chi connectivity index (χ4v) is 1.08. The van der Waals surface area contributed by atoms with E-state index < -0.39 is 0 Å². The summed E-state index contributed by atoms with van der Waals surface area (Å²) in [5.41, 5.74) is 1.14. The second kappa shape index (κ2) is 4.11. The number of benzene rings is 1. The highest BCUT2D eigenvalue weighted by Crippen LogP contribution is 2.19. The van der Waals surface area contributed by atoms with E-state index in [1.165, 1.54) is 20.2 Å². The van der Waals surface area contributed by atoms with Crippen LogP contribution in [-0.4, -0.2) is 30.2 Å². The zero-order chi connectivity index (χ0) is 10.7. The minimum atomic E-state index is -0.370. The average molecular weight is 195 g/mol. The Morgan fingerprint density at radius 1 is 1.50 bits per heavy atom. The monoisotopic (exact) mass is 195 g/mol. The first-order valence-corrected chi connectivity index (χ1v) is 4.18. The molecule has 1 aromatic rings. The van der Waals surface area contributed by atoms with Crippen LogP contribution in [0.1, 0.15) is 15.9 Å². The molecule has 14 heavy (non-hydrogen) atoms. The highest BCUT2D eigenvalue weighted by Gasteiger charge is 2.15. The molecular formula is C10H13NO3. The Morgan fingerprint density at radius 3 is 2.64 bits per heavy atom. The smallest absolute Gasteiger partial charge is 0.280 e. The van der Waals surface area contributed by atoms with E-state index in [1.807, 2.05) is 6.92 Å². The summed E-state index contributed by atoms with van der Waals surface area (Å²) in [5.74, 6) is -0.399. The lowest BCUT2D eigenvalue weighted by molar-refractivity contribution is -0.0758. The van der Waals surface area contributed by atoms with Gasteiger partial charge < -0.3 is 5.11 Å². The normalized spacial score (nSPS) is 9.93. The zero-order valence-electron chi connectivity index (χ0n) is 8.44. The molecule has 0 unspecified atom stereocenters. The van der Waals surface area contributed by atoms with E-state index in [-0.39, 0.29) is 17.2 Å². The summed E-state index contributed by atoms with van der Waals surface area (Å²) in [6.45, 7) is 1.84. The van der Waals surface area contributed by atoms with Gasteiger partial charge in [-0.25, -0.2) is 5.06 Å². The first-order chi connectivity index (χ1) is 6.56. The van der Waals surface area contributed by atoms with E-state index in [0.717, 1.165) is 10.6 Å². The molecule has 76 valence electrons. The van der Waals surface area contributed by atoms with E-state index in [1.54, 1.807) is 12.1 Å². The van der Waals surface area contributed by atoms with Crippen molar-refractivity contribution in [3.8, 4) is 5.75 Å². The number of amides is 1. The maximum Gasteiger partial charge on any atom is 0.280 e. The number of carbonyl (C=O) groups is 1. The number of carbonyl (C=O) groups excluding carboxylic acids is 1. The summed E-state index contributed by atoms with van der Waals surface area (Å²) >= 11 is 0. The van der Waals surface area contributed by atoms with E-state index in [0.29, 0.717) is 0 Å². The first kappa shape index (κ1) is 10.5. The average Bonchev–Trinajstić information content (AvgIpc) is 2.15. The minimum absolute atomic E-state index is 0.0288. The van der Waals surface area contributed by atoms with Crippen molar-refractivity contribution in [2.24, 2.45) is 0 Å². The van der Waals surface area contributed by atoms with Crippen molar-refractivity contribution in [1.29, 1.82) is 0 Å². The topological polar surface area (TPSA) is 49.8 Å². The van der Waals surface area contributed by atoms with Crippen molar-refractivity contribution in [3.05, 3.63) is 29.3 Å². The molecule has 4 nitrogen and oxygen atoms in total. The van der Waals surface area contributed by atoms with Gasteiger partial charge in [0.05, 0.1) is 12.7 Å². The lowest BCUT2D eigenvalue weighted by Gasteiger charge is -2.14. The number of phenolic OH excluding ortho intramolecular Hbond substituents is 1. The van der Waals surface area contributed by atoms with Gasteiger partial charge in [-0.2, -0.15) is 0 Å². The maximum atomic E-state index is 11.5. The van der Waals surface area contributed by atoms with Gasteiger partial charge in [0.15, 0.2) is 0 Å². The minimum Gasteiger partial charge on any atom is -0.507 e. The molecule has 0 bridgehead atoms. The van der Waals surface area contributed by atoms with Crippen molar-refractivity contribution in [2.75, 3.05) is 14.2 Å². The van der Waals surface area contributed by atoms with Gasteiger partial charge in [-0.05, 0) is 24.6 Å². The number of aromatic hydroxyl groups is 1. The van der Waals surface area contributed by atoms with Crippen LogP contribution < -0.4 is 0 Å². The number of rotatable bonds is 2. The van der Waals surface area contributed by atoms with E-state index in [2.05, 4.69) is 0 Å². The summed E-state index contributed by atoms with van der Waals surface area (Å²) in [6, 6.07) is 4.87. The molecule has 1 rings (SSSR count). The molecular weight excluding hydrogens is 182 g/mol. The van der Waals surface area contributed by atoms with Gasteiger partial charge >= 0.3 is 0 Å². The number of nitrogens with zero attached hydrogens (tertiary/aromatic N) is 1. The maximum absolute atomic E-state index is 11.5. The van der Waals surface area contributed by atoms with Crippen LogP contribution in [0.3, 0.4) is 0 Å². The Bertz CT molecular complexity index is 349. The van der Waals surface area contributed by atoms with Crippen LogP contribution in [0.25, 0.3) is 0 Å². The first-order valence-electron chi connectivity index (χ1n) is 4.18. The van der Waals surface area contributed by atoms with Crippen LogP contribution in [-0.2, 0) is 4.84 Å². The van der Waals surface area contributed by atoms with E-state index in [4.69, 9.17) is 4.84 Å². The Hall–Kier alpha value is -1.55. The van der Waals surface area contributed by atoms with E-state index in [9.17, 15) is 9.90 Å². The summed E-state index contributed by atoms with van der Waals surface area (Å²) in [7, 11) is 2.88. The van der Waals surface area contributed by atoms with Gasteiger partial charge in [-0.15, -0.1) is 0 Å². The van der Waals surface area contributed by atoms with Crippen LogP contribution in [0.4, 0.5) is 0 Å². The van der Waals surface area contributed by atoms with Gasteiger partial charge in [-0.3, -0.25) is 9.63 Å². The van der Waals surface area contributed by atoms with Gasteiger partial charge in [-0.1, -0.05) is 6.07 Å². The molecule has 0 spiro atoms.